The van der Waals surface area contributed by atoms with Gasteiger partial charge in [-0.05, 0) is 17.3 Å². The molecule has 0 aromatic heterocycles. The summed E-state index contributed by atoms with van der Waals surface area (Å²) in [6.45, 7) is 7.48. The Bertz CT molecular complexity index is 405. The van der Waals surface area contributed by atoms with Crippen LogP contribution in [0.25, 0.3) is 0 Å². The summed E-state index contributed by atoms with van der Waals surface area (Å²) in [6.07, 6.45) is 1.46. The van der Waals surface area contributed by atoms with Crippen LogP contribution in [-0.2, 0) is 14.4 Å². The molecule has 0 saturated carbocycles. The van der Waals surface area contributed by atoms with Gasteiger partial charge in [-0.25, -0.2) is 0 Å². The lowest BCUT2D eigenvalue weighted by Crippen LogP contribution is -2.55. The summed E-state index contributed by atoms with van der Waals surface area (Å²) in [5.41, 5.74) is 0. The molecule has 0 bridgehead atoms. The van der Waals surface area contributed by atoms with Gasteiger partial charge in [-0.15, -0.1) is 0 Å². The van der Waals surface area contributed by atoms with E-state index in [-0.39, 0.29) is 23.5 Å². The highest BCUT2D eigenvalue weighted by Crippen LogP contribution is 2.19. The fourth-order valence-corrected chi connectivity index (χ4v) is 4.77. The quantitative estimate of drug-likeness (QED) is 0.415. The first-order valence-electron chi connectivity index (χ1n) is 9.84. The van der Waals surface area contributed by atoms with E-state index in [1.54, 1.807) is 45.1 Å². The Morgan fingerprint density at radius 3 is 1.56 bits per heavy atom. The molecule has 8 heteroatoms. The van der Waals surface area contributed by atoms with Crippen molar-refractivity contribution in [2.24, 2.45) is 5.92 Å². The molecule has 1 fully saturated rings. The highest BCUT2D eigenvalue weighted by atomic mass is 32.2. The number of amides is 2. The minimum absolute atomic E-state index is 0.0529. The Balaban J connectivity index is 2.71. The second-order valence-corrected chi connectivity index (χ2v) is 10.6. The average molecular weight is 435 g/mol. The zero-order chi connectivity index (χ0) is 20.1. The van der Waals surface area contributed by atoms with Crippen LogP contribution in [0.5, 0.6) is 0 Å². The van der Waals surface area contributed by atoms with Crippen LogP contribution in [-0.4, -0.2) is 81.7 Å². The SMILES string of the molecule is CCSCCC(=O)C1CN(C(=O)CCSCC)CN(C(=O)CCSCC)C1. The maximum atomic E-state index is 12.6. The minimum Gasteiger partial charge on any atom is -0.324 e. The van der Waals surface area contributed by atoms with Gasteiger partial charge in [0.05, 0.1) is 12.6 Å². The lowest BCUT2D eigenvalue weighted by Gasteiger charge is -2.40. The van der Waals surface area contributed by atoms with Gasteiger partial charge in [0.25, 0.3) is 0 Å². The second-order valence-electron chi connectivity index (χ2n) is 6.38. The van der Waals surface area contributed by atoms with Crippen LogP contribution in [0, 0.1) is 5.92 Å². The van der Waals surface area contributed by atoms with Gasteiger partial charge in [-0.3, -0.25) is 14.4 Å². The number of rotatable bonds is 13. The Morgan fingerprint density at radius 2 is 1.15 bits per heavy atom. The largest absolute Gasteiger partial charge is 0.324 e. The normalized spacial score (nSPS) is 15.2. The van der Waals surface area contributed by atoms with Crippen molar-refractivity contribution in [1.82, 2.24) is 9.80 Å². The predicted molar refractivity (Wildman–Crippen MR) is 120 cm³/mol. The van der Waals surface area contributed by atoms with Gasteiger partial charge >= 0.3 is 0 Å². The Hall–Kier alpha value is -0.340. The van der Waals surface area contributed by atoms with Crippen molar-refractivity contribution < 1.29 is 14.4 Å². The lowest BCUT2D eigenvalue weighted by atomic mass is 9.98. The van der Waals surface area contributed by atoms with E-state index in [9.17, 15) is 14.4 Å². The number of carbonyl (C=O) groups is 3. The number of ketones is 1. The Labute approximate surface area is 177 Å². The Kier molecular flexibility index (Phi) is 13.4. The summed E-state index contributed by atoms with van der Waals surface area (Å²) >= 11 is 5.24. The Morgan fingerprint density at radius 1 is 0.741 bits per heavy atom. The molecule has 0 aliphatic carbocycles. The van der Waals surface area contributed by atoms with Gasteiger partial charge in [0.1, 0.15) is 5.78 Å². The van der Waals surface area contributed by atoms with E-state index >= 15 is 0 Å². The number of hydrogen-bond donors (Lipinski definition) is 0. The van der Waals surface area contributed by atoms with E-state index in [0.29, 0.717) is 39.0 Å². The van der Waals surface area contributed by atoms with E-state index in [4.69, 9.17) is 0 Å². The van der Waals surface area contributed by atoms with Gasteiger partial charge in [0.2, 0.25) is 11.8 Å². The molecule has 0 aromatic carbocycles. The molecule has 0 spiro atoms. The van der Waals surface area contributed by atoms with Gasteiger partial charge in [-0.2, -0.15) is 35.3 Å². The molecule has 0 aromatic rings. The van der Waals surface area contributed by atoms with E-state index in [2.05, 4.69) is 20.8 Å². The fraction of sp³-hybridized carbons (Fsp3) is 0.842. The molecule has 1 saturated heterocycles. The molecule has 27 heavy (non-hydrogen) atoms. The van der Waals surface area contributed by atoms with Crippen LogP contribution < -0.4 is 0 Å². The van der Waals surface area contributed by atoms with E-state index in [0.717, 1.165) is 34.5 Å². The molecule has 0 unspecified atom stereocenters. The average Bonchev–Trinajstić information content (AvgIpc) is 2.67. The number of hydrogen-bond acceptors (Lipinski definition) is 6. The predicted octanol–water partition coefficient (Wildman–Crippen LogP) is 3.23. The molecule has 1 heterocycles. The summed E-state index contributed by atoms with van der Waals surface area (Å²) < 4.78 is 0. The van der Waals surface area contributed by atoms with Gasteiger partial charge < -0.3 is 9.80 Å². The second kappa shape index (κ2) is 14.6. The maximum absolute atomic E-state index is 12.6. The number of Topliss-reactive ketones (excluding diaryl/α,β-unsaturated/α-hetero) is 1. The van der Waals surface area contributed by atoms with Crippen molar-refractivity contribution in [3.05, 3.63) is 0 Å². The number of carbonyl (C=O) groups excluding carboxylic acids is 3. The molecule has 2 amide bonds. The standard InChI is InChI=1S/C19H34N2O3S3/c1-4-25-10-7-17(22)16-13-20(18(23)8-11-26-5-2)15-21(14-16)19(24)9-12-27-6-3/h16H,4-15H2,1-3H3. The van der Waals surface area contributed by atoms with Crippen molar-refractivity contribution >= 4 is 52.9 Å². The van der Waals surface area contributed by atoms with Crippen LogP contribution in [0.4, 0.5) is 0 Å². The topological polar surface area (TPSA) is 57.7 Å². The lowest BCUT2D eigenvalue weighted by molar-refractivity contribution is -0.146. The number of thioether (sulfide) groups is 3. The maximum Gasteiger partial charge on any atom is 0.224 e. The first kappa shape index (κ1) is 24.7. The zero-order valence-corrected chi connectivity index (χ0v) is 19.4. The van der Waals surface area contributed by atoms with Crippen LogP contribution in [0.3, 0.4) is 0 Å². The molecular formula is C19H34N2O3S3. The van der Waals surface area contributed by atoms with Gasteiger partial charge in [-0.1, -0.05) is 20.8 Å². The molecule has 156 valence electrons. The molecule has 0 radical (unpaired) electrons. The fourth-order valence-electron chi connectivity index (χ4n) is 2.92. The van der Waals surface area contributed by atoms with Crippen molar-refractivity contribution in [2.75, 3.05) is 54.3 Å². The van der Waals surface area contributed by atoms with Gasteiger partial charge in [0.15, 0.2) is 0 Å². The summed E-state index contributed by atoms with van der Waals surface area (Å²) in [6, 6.07) is 0. The zero-order valence-electron chi connectivity index (χ0n) is 16.9. The minimum atomic E-state index is -0.248. The first-order valence-corrected chi connectivity index (χ1v) is 13.3. The molecule has 1 rings (SSSR count). The van der Waals surface area contributed by atoms with Crippen molar-refractivity contribution in [3.8, 4) is 0 Å². The third-order valence-corrected chi connectivity index (χ3v) is 7.11. The molecule has 0 atom stereocenters. The number of nitrogens with zero attached hydrogens (tertiary/aromatic N) is 2. The van der Waals surface area contributed by atoms with Crippen LogP contribution >= 0.6 is 35.3 Å². The summed E-state index contributed by atoms with van der Waals surface area (Å²) in [7, 11) is 0. The highest BCUT2D eigenvalue weighted by Gasteiger charge is 2.33. The monoisotopic (exact) mass is 434 g/mol. The summed E-state index contributed by atoms with van der Waals surface area (Å²) in [4.78, 5) is 41.2. The third kappa shape index (κ3) is 9.61. The van der Waals surface area contributed by atoms with Crippen LogP contribution in [0.2, 0.25) is 0 Å². The molecule has 5 nitrogen and oxygen atoms in total. The van der Waals surface area contributed by atoms with Gasteiger partial charge in [0, 0.05) is 49.6 Å². The first-order chi connectivity index (χ1) is 13.0. The van der Waals surface area contributed by atoms with E-state index in [1.165, 1.54) is 0 Å². The molecule has 0 N–H and O–H groups in total. The van der Waals surface area contributed by atoms with Crippen LogP contribution in [0.1, 0.15) is 40.0 Å². The molecular weight excluding hydrogens is 400 g/mol. The van der Waals surface area contributed by atoms with E-state index in [1.807, 2.05) is 0 Å². The van der Waals surface area contributed by atoms with Crippen molar-refractivity contribution in [2.45, 2.75) is 40.0 Å². The van der Waals surface area contributed by atoms with Crippen molar-refractivity contribution in [1.29, 1.82) is 0 Å². The third-order valence-electron chi connectivity index (χ3n) is 4.41. The van der Waals surface area contributed by atoms with Crippen LogP contribution in [0.15, 0.2) is 0 Å². The molecule has 1 aliphatic heterocycles. The summed E-state index contributed by atoms with van der Waals surface area (Å²) in [5.74, 6) is 5.41. The molecule has 1 aliphatic rings. The summed E-state index contributed by atoms with van der Waals surface area (Å²) in [5, 5.41) is 0. The smallest absolute Gasteiger partial charge is 0.224 e. The van der Waals surface area contributed by atoms with E-state index < -0.39 is 0 Å². The highest BCUT2D eigenvalue weighted by molar-refractivity contribution is 7.99. The van der Waals surface area contributed by atoms with Crippen molar-refractivity contribution in [3.63, 3.8) is 0 Å².